The van der Waals surface area contributed by atoms with Gasteiger partial charge < -0.3 is 9.47 Å². The highest BCUT2D eigenvalue weighted by molar-refractivity contribution is 5.69. The summed E-state index contributed by atoms with van der Waals surface area (Å²) in [6.45, 7) is 5.60. The molecule has 0 aliphatic heterocycles. The Morgan fingerprint density at radius 1 is 1.13 bits per heavy atom. The molecular formula is C19H22FNO2. The van der Waals surface area contributed by atoms with Crippen LogP contribution in [-0.4, -0.2) is 18.2 Å². The second-order valence-electron chi connectivity index (χ2n) is 5.72. The maximum atomic E-state index is 13.2. The molecule has 3 nitrogen and oxygen atoms in total. The average molecular weight is 315 g/mol. The number of rotatable bonds is 7. The molecule has 0 amide bonds. The Balaban J connectivity index is 2.05. The van der Waals surface area contributed by atoms with Crippen LogP contribution in [0, 0.1) is 5.82 Å². The van der Waals surface area contributed by atoms with Crippen LogP contribution in [0.1, 0.15) is 44.0 Å². The van der Waals surface area contributed by atoms with E-state index < -0.39 is 0 Å². The van der Waals surface area contributed by atoms with E-state index in [1.54, 1.807) is 12.1 Å². The van der Waals surface area contributed by atoms with E-state index in [0.717, 1.165) is 41.1 Å². The molecule has 0 bridgehead atoms. The number of ether oxygens (including phenoxy) is 2. The minimum absolute atomic E-state index is 0.229. The van der Waals surface area contributed by atoms with Crippen molar-refractivity contribution < 1.29 is 13.9 Å². The van der Waals surface area contributed by atoms with Gasteiger partial charge in [-0.3, -0.25) is 4.98 Å². The summed E-state index contributed by atoms with van der Waals surface area (Å²) in [5.41, 5.74) is 3.94. The summed E-state index contributed by atoms with van der Waals surface area (Å²) in [6.07, 6.45) is 2.31. The lowest BCUT2D eigenvalue weighted by Gasteiger charge is -2.16. The van der Waals surface area contributed by atoms with Gasteiger partial charge in [0.05, 0.1) is 18.9 Å². The highest BCUT2D eigenvalue weighted by Crippen LogP contribution is 2.45. The van der Waals surface area contributed by atoms with Crippen LogP contribution in [0.15, 0.2) is 30.3 Å². The molecule has 0 N–H and O–H groups in total. The zero-order chi connectivity index (χ0) is 16.2. The first-order valence-electron chi connectivity index (χ1n) is 8.23. The van der Waals surface area contributed by atoms with E-state index in [1.165, 1.54) is 12.1 Å². The van der Waals surface area contributed by atoms with Crippen LogP contribution in [0.25, 0.3) is 11.1 Å². The second-order valence-corrected chi connectivity index (χ2v) is 5.72. The topological polar surface area (TPSA) is 31.4 Å². The van der Waals surface area contributed by atoms with Crippen molar-refractivity contribution in [3.8, 4) is 16.9 Å². The molecule has 1 heterocycles. The molecule has 0 radical (unpaired) electrons. The summed E-state index contributed by atoms with van der Waals surface area (Å²) in [5, 5.41) is 0. The fourth-order valence-corrected chi connectivity index (χ4v) is 2.66. The molecule has 23 heavy (non-hydrogen) atoms. The van der Waals surface area contributed by atoms with Gasteiger partial charge in [0.25, 0.3) is 0 Å². The molecule has 0 spiro atoms. The van der Waals surface area contributed by atoms with Crippen molar-refractivity contribution in [1.82, 2.24) is 4.98 Å². The lowest BCUT2D eigenvalue weighted by atomic mass is 10.0. The zero-order valence-corrected chi connectivity index (χ0v) is 13.6. The van der Waals surface area contributed by atoms with Crippen molar-refractivity contribution in [3.05, 3.63) is 47.5 Å². The zero-order valence-electron chi connectivity index (χ0n) is 13.6. The van der Waals surface area contributed by atoms with Gasteiger partial charge in [0.1, 0.15) is 17.3 Å². The summed E-state index contributed by atoms with van der Waals surface area (Å²) in [6, 6.07) is 8.61. The van der Waals surface area contributed by atoms with Gasteiger partial charge in [0.15, 0.2) is 0 Å². The van der Waals surface area contributed by atoms with Crippen molar-refractivity contribution >= 4 is 0 Å². The molecule has 122 valence electrons. The minimum Gasteiger partial charge on any atom is -0.492 e. The molecule has 0 atom stereocenters. The van der Waals surface area contributed by atoms with Gasteiger partial charge in [-0.15, -0.1) is 0 Å². The fraction of sp³-hybridized carbons (Fsp3) is 0.421. The monoisotopic (exact) mass is 315 g/mol. The molecule has 1 fully saturated rings. The van der Waals surface area contributed by atoms with Crippen LogP contribution >= 0.6 is 0 Å². The maximum absolute atomic E-state index is 13.2. The summed E-state index contributed by atoms with van der Waals surface area (Å²) in [5.74, 6) is 1.02. The lowest BCUT2D eigenvalue weighted by molar-refractivity contribution is 0.128. The molecule has 1 aromatic carbocycles. The Morgan fingerprint density at radius 3 is 2.48 bits per heavy atom. The number of halogens is 1. The molecule has 2 aromatic rings. The van der Waals surface area contributed by atoms with Crippen molar-refractivity contribution in [3.63, 3.8) is 0 Å². The third kappa shape index (κ3) is 3.70. The second kappa shape index (κ2) is 7.09. The van der Waals surface area contributed by atoms with E-state index in [4.69, 9.17) is 14.5 Å². The lowest BCUT2D eigenvalue weighted by Crippen LogP contribution is -2.05. The van der Waals surface area contributed by atoms with Crippen LogP contribution in [0.4, 0.5) is 4.39 Å². The summed E-state index contributed by atoms with van der Waals surface area (Å²) >= 11 is 0. The van der Waals surface area contributed by atoms with Crippen LogP contribution in [0.3, 0.4) is 0 Å². The molecule has 3 rings (SSSR count). The number of aromatic nitrogens is 1. The first-order valence-corrected chi connectivity index (χ1v) is 8.23. The minimum atomic E-state index is -0.229. The Labute approximate surface area is 136 Å². The molecular weight excluding hydrogens is 293 g/mol. The van der Waals surface area contributed by atoms with Gasteiger partial charge in [-0.1, -0.05) is 12.1 Å². The van der Waals surface area contributed by atoms with Gasteiger partial charge in [-0.25, -0.2) is 4.39 Å². The van der Waals surface area contributed by atoms with E-state index >= 15 is 0 Å². The first-order chi connectivity index (χ1) is 11.2. The molecule has 1 aliphatic rings. The molecule has 0 saturated heterocycles. The standard InChI is InChI=1S/C19H22FNO2/c1-3-22-12-17-18(23-4-2)11-16(19(21-17)14-5-6-14)13-7-9-15(20)10-8-13/h7-11,14H,3-6,12H2,1-2H3. The van der Waals surface area contributed by atoms with E-state index in [9.17, 15) is 4.39 Å². The maximum Gasteiger partial charge on any atom is 0.143 e. The van der Waals surface area contributed by atoms with Crippen molar-refractivity contribution in [2.75, 3.05) is 13.2 Å². The Bertz CT molecular complexity index is 666. The van der Waals surface area contributed by atoms with E-state index in [2.05, 4.69) is 0 Å². The van der Waals surface area contributed by atoms with Crippen molar-refractivity contribution in [1.29, 1.82) is 0 Å². The number of benzene rings is 1. The Kier molecular flexibility index (Phi) is 4.91. The highest BCUT2D eigenvalue weighted by Gasteiger charge is 2.29. The number of pyridine rings is 1. The number of hydrogen-bond donors (Lipinski definition) is 0. The van der Waals surface area contributed by atoms with Gasteiger partial charge in [0.2, 0.25) is 0 Å². The summed E-state index contributed by atoms with van der Waals surface area (Å²) < 4.78 is 24.5. The van der Waals surface area contributed by atoms with Crippen LogP contribution in [0.5, 0.6) is 5.75 Å². The van der Waals surface area contributed by atoms with Gasteiger partial charge >= 0.3 is 0 Å². The molecule has 4 heteroatoms. The van der Waals surface area contributed by atoms with Gasteiger partial charge in [-0.2, -0.15) is 0 Å². The normalized spacial score (nSPS) is 14.0. The van der Waals surface area contributed by atoms with Crippen molar-refractivity contribution in [2.24, 2.45) is 0 Å². The average Bonchev–Trinajstić information content (AvgIpc) is 3.39. The van der Waals surface area contributed by atoms with E-state index in [0.29, 0.717) is 25.7 Å². The van der Waals surface area contributed by atoms with E-state index in [1.807, 2.05) is 19.9 Å². The molecule has 1 aromatic heterocycles. The predicted molar refractivity (Wildman–Crippen MR) is 88.1 cm³/mol. The van der Waals surface area contributed by atoms with Crippen LogP contribution in [-0.2, 0) is 11.3 Å². The fourth-order valence-electron chi connectivity index (χ4n) is 2.66. The highest BCUT2D eigenvalue weighted by atomic mass is 19.1. The van der Waals surface area contributed by atoms with Gasteiger partial charge in [0, 0.05) is 18.1 Å². The van der Waals surface area contributed by atoms with Crippen LogP contribution < -0.4 is 4.74 Å². The smallest absolute Gasteiger partial charge is 0.143 e. The predicted octanol–water partition coefficient (Wildman–Crippen LogP) is 4.70. The summed E-state index contributed by atoms with van der Waals surface area (Å²) in [7, 11) is 0. The first kappa shape index (κ1) is 15.9. The quantitative estimate of drug-likeness (QED) is 0.742. The molecule has 0 unspecified atom stereocenters. The third-order valence-corrected chi connectivity index (χ3v) is 3.95. The number of nitrogens with zero attached hydrogens (tertiary/aromatic N) is 1. The summed E-state index contributed by atoms with van der Waals surface area (Å²) in [4.78, 5) is 4.85. The largest absolute Gasteiger partial charge is 0.492 e. The number of hydrogen-bond acceptors (Lipinski definition) is 3. The van der Waals surface area contributed by atoms with Crippen LogP contribution in [0.2, 0.25) is 0 Å². The van der Waals surface area contributed by atoms with E-state index in [-0.39, 0.29) is 5.82 Å². The Hall–Kier alpha value is -1.94. The van der Waals surface area contributed by atoms with Gasteiger partial charge in [-0.05, 0) is 50.5 Å². The Morgan fingerprint density at radius 2 is 1.87 bits per heavy atom. The third-order valence-electron chi connectivity index (χ3n) is 3.95. The molecule has 1 saturated carbocycles. The molecule has 1 aliphatic carbocycles. The van der Waals surface area contributed by atoms with Crippen molar-refractivity contribution in [2.45, 2.75) is 39.2 Å². The SMILES string of the molecule is CCOCc1nc(C2CC2)c(-c2ccc(F)cc2)cc1OCC.